The fraction of sp³-hybridized carbons (Fsp3) is 0.421. The van der Waals surface area contributed by atoms with Gasteiger partial charge in [-0.25, -0.2) is 4.98 Å². The van der Waals surface area contributed by atoms with Crippen LogP contribution in [0.15, 0.2) is 24.5 Å². The van der Waals surface area contributed by atoms with E-state index in [0.717, 1.165) is 6.07 Å². The quantitative estimate of drug-likeness (QED) is 0.502. The zero-order valence-electron chi connectivity index (χ0n) is 15.8. The summed E-state index contributed by atoms with van der Waals surface area (Å²) in [4.78, 5) is 12.8. The van der Waals surface area contributed by atoms with Gasteiger partial charge >= 0.3 is 6.18 Å². The van der Waals surface area contributed by atoms with Crippen LogP contribution in [-0.4, -0.2) is 47.7 Å². The molecule has 3 aromatic rings. The molecule has 0 radical (unpaired) electrons. The standard InChI is InChI=1S/C19H17ClF3N5O2S/c20-18-26-15(13-16(27-18)28(7-24-13)17-14(30)12(29)6-31-17)25-11-5-4-8-9(11)2-1-3-10(8)19(21,22)23/h1-3,7,11-12,14,17,29-30H,4-6H2,(H,25,26,27)/t11-,12-,14-,17-/m1/s1. The van der Waals surface area contributed by atoms with Gasteiger partial charge in [0, 0.05) is 5.75 Å². The van der Waals surface area contributed by atoms with Crippen molar-refractivity contribution in [2.75, 3.05) is 11.1 Å². The molecular weight excluding hydrogens is 455 g/mol. The molecule has 0 amide bonds. The summed E-state index contributed by atoms with van der Waals surface area (Å²) in [5.41, 5.74) is 1.00. The number of hydrogen-bond donors (Lipinski definition) is 3. The molecular formula is C19H17ClF3N5O2S. The number of hydrogen-bond acceptors (Lipinski definition) is 7. The highest BCUT2D eigenvalue weighted by Gasteiger charge is 2.38. The van der Waals surface area contributed by atoms with E-state index in [1.165, 1.54) is 24.2 Å². The minimum Gasteiger partial charge on any atom is -0.389 e. The molecule has 2 aliphatic rings. The minimum atomic E-state index is -4.41. The van der Waals surface area contributed by atoms with E-state index in [4.69, 9.17) is 11.6 Å². The number of aliphatic hydroxyl groups excluding tert-OH is 2. The van der Waals surface area contributed by atoms with Crippen molar-refractivity contribution in [3.63, 3.8) is 0 Å². The van der Waals surface area contributed by atoms with Crippen molar-refractivity contribution >= 4 is 40.3 Å². The lowest BCUT2D eigenvalue weighted by atomic mass is 10.0. The molecule has 1 aliphatic heterocycles. The van der Waals surface area contributed by atoms with E-state index in [9.17, 15) is 23.4 Å². The molecule has 164 valence electrons. The summed E-state index contributed by atoms with van der Waals surface area (Å²) >= 11 is 7.49. The lowest BCUT2D eigenvalue weighted by molar-refractivity contribution is -0.138. The predicted octanol–water partition coefficient (Wildman–Crippen LogP) is 3.57. The summed E-state index contributed by atoms with van der Waals surface area (Å²) in [7, 11) is 0. The topological polar surface area (TPSA) is 96.1 Å². The highest BCUT2D eigenvalue weighted by atomic mass is 35.5. The SMILES string of the molecule is O[C@@H]1[C@H](O)CS[C@H]1n1cnc2c(N[C@@H]3CCc4c3cccc4C(F)(F)F)nc(Cl)nc21. The maximum Gasteiger partial charge on any atom is 0.416 e. The average molecular weight is 472 g/mol. The molecule has 3 heterocycles. The van der Waals surface area contributed by atoms with Crippen LogP contribution in [0.3, 0.4) is 0 Å². The van der Waals surface area contributed by atoms with Gasteiger partial charge in [0.1, 0.15) is 11.5 Å². The maximum atomic E-state index is 13.4. The largest absolute Gasteiger partial charge is 0.416 e. The van der Waals surface area contributed by atoms with Gasteiger partial charge in [-0.05, 0) is 41.6 Å². The summed E-state index contributed by atoms with van der Waals surface area (Å²) in [6.07, 6.45) is -4.01. The molecule has 12 heteroatoms. The molecule has 1 saturated heterocycles. The molecule has 1 aromatic carbocycles. The summed E-state index contributed by atoms with van der Waals surface area (Å²) in [6.45, 7) is 0. The highest BCUT2D eigenvalue weighted by Crippen LogP contribution is 2.43. The first-order valence-corrected chi connectivity index (χ1v) is 11.0. The van der Waals surface area contributed by atoms with Gasteiger partial charge < -0.3 is 15.5 Å². The number of fused-ring (bicyclic) bond motifs is 2. The molecule has 2 aromatic heterocycles. The first-order chi connectivity index (χ1) is 14.7. The Balaban J connectivity index is 1.51. The van der Waals surface area contributed by atoms with E-state index in [-0.39, 0.29) is 16.9 Å². The van der Waals surface area contributed by atoms with E-state index in [0.29, 0.717) is 41.1 Å². The van der Waals surface area contributed by atoms with Crippen LogP contribution >= 0.6 is 23.4 Å². The highest BCUT2D eigenvalue weighted by molar-refractivity contribution is 7.99. The number of anilines is 1. The number of nitrogens with one attached hydrogen (secondary N) is 1. The van der Waals surface area contributed by atoms with Gasteiger partial charge in [0.2, 0.25) is 5.28 Å². The van der Waals surface area contributed by atoms with Crippen LogP contribution in [0.2, 0.25) is 5.28 Å². The number of benzene rings is 1. The summed E-state index contributed by atoms with van der Waals surface area (Å²) in [6, 6.07) is 3.80. The molecule has 0 bridgehead atoms. The van der Waals surface area contributed by atoms with E-state index < -0.39 is 29.3 Å². The number of nitrogens with zero attached hydrogens (tertiary/aromatic N) is 4. The smallest absolute Gasteiger partial charge is 0.389 e. The van der Waals surface area contributed by atoms with Crippen molar-refractivity contribution in [2.24, 2.45) is 0 Å². The molecule has 1 fully saturated rings. The Morgan fingerprint density at radius 3 is 2.74 bits per heavy atom. The number of thioether (sulfide) groups is 1. The third-order valence-electron chi connectivity index (χ3n) is 5.68. The lowest BCUT2D eigenvalue weighted by Crippen LogP contribution is -2.27. The van der Waals surface area contributed by atoms with Gasteiger partial charge in [0.25, 0.3) is 0 Å². The van der Waals surface area contributed by atoms with Crippen LogP contribution < -0.4 is 5.32 Å². The molecule has 5 rings (SSSR count). The van der Waals surface area contributed by atoms with Gasteiger partial charge in [-0.3, -0.25) is 4.57 Å². The second-order valence-electron chi connectivity index (χ2n) is 7.55. The average Bonchev–Trinajstić information content (AvgIpc) is 3.39. The normalized spacial score (nSPS) is 25.9. The number of aromatic nitrogens is 4. The number of imidazole rings is 1. The Morgan fingerprint density at radius 2 is 2.03 bits per heavy atom. The Morgan fingerprint density at radius 1 is 1.23 bits per heavy atom. The summed E-state index contributed by atoms with van der Waals surface area (Å²) in [5.74, 6) is 0.678. The van der Waals surface area contributed by atoms with E-state index in [2.05, 4.69) is 20.3 Å². The van der Waals surface area contributed by atoms with Gasteiger partial charge in [0.05, 0.1) is 24.0 Å². The number of rotatable bonds is 3. The van der Waals surface area contributed by atoms with E-state index in [1.807, 2.05) is 0 Å². The first-order valence-electron chi connectivity index (χ1n) is 9.57. The molecule has 0 unspecified atom stereocenters. The van der Waals surface area contributed by atoms with Gasteiger partial charge in [0.15, 0.2) is 17.0 Å². The van der Waals surface area contributed by atoms with Gasteiger partial charge in [-0.15, -0.1) is 11.8 Å². The van der Waals surface area contributed by atoms with Crippen molar-refractivity contribution < 1.29 is 23.4 Å². The zero-order valence-corrected chi connectivity index (χ0v) is 17.4. The fourth-order valence-corrected chi connectivity index (χ4v) is 5.69. The number of halogens is 4. The van der Waals surface area contributed by atoms with Gasteiger partial charge in [-0.1, -0.05) is 12.1 Å². The molecule has 7 nitrogen and oxygen atoms in total. The molecule has 4 atom stereocenters. The Bertz CT molecular complexity index is 1160. The third-order valence-corrected chi connectivity index (χ3v) is 7.23. The number of alkyl halides is 3. The van der Waals surface area contributed by atoms with Crippen molar-refractivity contribution in [3.05, 3.63) is 46.5 Å². The molecule has 0 saturated carbocycles. The second-order valence-corrected chi connectivity index (χ2v) is 9.04. The Hall–Kier alpha value is -2.08. The monoisotopic (exact) mass is 471 g/mol. The molecule has 3 N–H and O–H groups in total. The van der Waals surface area contributed by atoms with Crippen molar-refractivity contribution in [1.82, 2.24) is 19.5 Å². The Labute approximate surface area is 183 Å². The maximum absolute atomic E-state index is 13.4. The predicted molar refractivity (Wildman–Crippen MR) is 110 cm³/mol. The molecule has 0 spiro atoms. The zero-order chi connectivity index (χ0) is 21.9. The van der Waals surface area contributed by atoms with Crippen LogP contribution in [0, 0.1) is 0 Å². The van der Waals surface area contributed by atoms with Crippen LogP contribution in [0.4, 0.5) is 19.0 Å². The van der Waals surface area contributed by atoms with E-state index in [1.54, 1.807) is 10.6 Å². The van der Waals surface area contributed by atoms with Crippen LogP contribution in [-0.2, 0) is 12.6 Å². The summed E-state index contributed by atoms with van der Waals surface area (Å²) in [5, 5.41) is 22.8. The van der Waals surface area contributed by atoms with Crippen LogP contribution in [0.1, 0.15) is 34.5 Å². The minimum absolute atomic E-state index is 0.0583. The van der Waals surface area contributed by atoms with Crippen molar-refractivity contribution in [1.29, 1.82) is 0 Å². The lowest BCUT2D eigenvalue weighted by Gasteiger charge is -2.18. The summed E-state index contributed by atoms with van der Waals surface area (Å²) < 4.78 is 41.7. The molecule has 31 heavy (non-hydrogen) atoms. The second kappa shape index (κ2) is 7.51. The van der Waals surface area contributed by atoms with Crippen LogP contribution in [0.5, 0.6) is 0 Å². The van der Waals surface area contributed by atoms with Crippen molar-refractivity contribution in [2.45, 2.75) is 42.6 Å². The third kappa shape index (κ3) is 3.53. The first kappa shape index (κ1) is 20.8. The fourth-order valence-electron chi connectivity index (χ4n) is 4.24. The number of aliphatic hydroxyl groups is 2. The Kier molecular flexibility index (Phi) is 5.04. The van der Waals surface area contributed by atoms with E-state index >= 15 is 0 Å². The molecule has 1 aliphatic carbocycles. The van der Waals surface area contributed by atoms with Gasteiger partial charge in [-0.2, -0.15) is 23.1 Å². The van der Waals surface area contributed by atoms with Crippen LogP contribution in [0.25, 0.3) is 11.2 Å². The van der Waals surface area contributed by atoms with Crippen molar-refractivity contribution in [3.8, 4) is 0 Å².